The van der Waals surface area contributed by atoms with Crippen LogP contribution in [0.5, 0.6) is 0 Å². The van der Waals surface area contributed by atoms with Gasteiger partial charge in [-0.05, 0) is 39.4 Å². The third kappa shape index (κ3) is 4.64. The van der Waals surface area contributed by atoms with Gasteiger partial charge in [0.2, 0.25) is 5.91 Å². The number of hydrogen-bond donors (Lipinski definition) is 1. The minimum atomic E-state index is -0.253. The maximum atomic E-state index is 13.3. The maximum absolute atomic E-state index is 13.3. The number of ether oxygens (including phenoxy) is 1. The average Bonchev–Trinajstić information content (AvgIpc) is 3.03. The molecule has 1 aromatic carbocycles. The highest BCUT2D eigenvalue weighted by Gasteiger charge is 2.39. The van der Waals surface area contributed by atoms with Gasteiger partial charge in [0.25, 0.3) is 0 Å². The van der Waals surface area contributed by atoms with E-state index in [9.17, 15) is 4.79 Å². The van der Waals surface area contributed by atoms with E-state index < -0.39 is 0 Å². The van der Waals surface area contributed by atoms with Crippen molar-refractivity contribution < 1.29 is 9.53 Å². The summed E-state index contributed by atoms with van der Waals surface area (Å²) in [5, 5.41) is 3.48. The fourth-order valence-electron chi connectivity index (χ4n) is 4.42. The maximum Gasteiger partial charge on any atom is 0.242 e. The Morgan fingerprint density at radius 2 is 1.96 bits per heavy atom. The molecule has 1 aromatic rings. The molecular weight excluding hydrogens is 326 g/mol. The number of rotatable bonds is 6. The summed E-state index contributed by atoms with van der Waals surface area (Å²) in [6, 6.07) is 8.03. The highest BCUT2D eigenvalue weighted by Crippen LogP contribution is 2.32. The molecule has 1 heterocycles. The highest BCUT2D eigenvalue weighted by atomic mass is 16.5. The van der Waals surface area contributed by atoms with Gasteiger partial charge in [0.15, 0.2) is 0 Å². The molecule has 0 bridgehead atoms. The van der Waals surface area contributed by atoms with Crippen molar-refractivity contribution in [3.8, 4) is 0 Å². The van der Waals surface area contributed by atoms with Crippen molar-refractivity contribution in [2.45, 2.75) is 44.2 Å². The predicted octanol–water partition coefficient (Wildman–Crippen LogP) is 2.36. The zero-order chi connectivity index (χ0) is 18.6. The van der Waals surface area contributed by atoms with Gasteiger partial charge in [0.05, 0.1) is 18.8 Å². The number of carbonyl (C=O) groups is 1. The van der Waals surface area contributed by atoms with E-state index in [1.54, 1.807) is 0 Å². The second kappa shape index (κ2) is 8.51. The van der Waals surface area contributed by atoms with E-state index >= 15 is 0 Å². The first-order valence-corrected chi connectivity index (χ1v) is 9.84. The smallest absolute Gasteiger partial charge is 0.242 e. The van der Waals surface area contributed by atoms with Crippen LogP contribution < -0.4 is 5.32 Å². The average molecular weight is 360 g/mol. The van der Waals surface area contributed by atoms with Gasteiger partial charge in [-0.1, -0.05) is 42.7 Å². The van der Waals surface area contributed by atoms with Crippen LogP contribution in [-0.2, 0) is 9.53 Å². The van der Waals surface area contributed by atoms with Crippen LogP contribution in [0.4, 0.5) is 0 Å². The molecule has 1 aliphatic carbocycles. The zero-order valence-corrected chi connectivity index (χ0v) is 16.5. The van der Waals surface area contributed by atoms with E-state index in [2.05, 4.69) is 35.3 Å². The lowest BCUT2D eigenvalue weighted by Gasteiger charge is -2.39. The molecule has 0 radical (unpaired) electrons. The number of nitrogens with one attached hydrogen (secondary N) is 1. The van der Waals surface area contributed by atoms with Gasteiger partial charge >= 0.3 is 0 Å². The van der Waals surface area contributed by atoms with Crippen molar-refractivity contribution in [2.75, 3.05) is 46.9 Å². The number of hydrogen-bond acceptors (Lipinski definition) is 4. The first-order valence-electron chi connectivity index (χ1n) is 9.84. The molecule has 1 aliphatic heterocycles. The third-order valence-electron chi connectivity index (χ3n) is 5.70. The van der Waals surface area contributed by atoms with Crippen molar-refractivity contribution in [3.63, 3.8) is 0 Å². The van der Waals surface area contributed by atoms with Gasteiger partial charge < -0.3 is 10.1 Å². The Hall–Kier alpha value is -1.43. The van der Waals surface area contributed by atoms with Crippen LogP contribution in [0.2, 0.25) is 0 Å². The molecule has 1 N–H and O–H groups in total. The first kappa shape index (κ1) is 19.3. The van der Waals surface area contributed by atoms with Crippen LogP contribution in [0.15, 0.2) is 24.3 Å². The fraction of sp³-hybridized carbons (Fsp3) is 0.667. The van der Waals surface area contributed by atoms with E-state index in [0.29, 0.717) is 0 Å². The number of morpholine rings is 1. The van der Waals surface area contributed by atoms with E-state index in [0.717, 1.165) is 51.3 Å². The minimum Gasteiger partial charge on any atom is -0.379 e. The molecule has 3 rings (SSSR count). The lowest BCUT2D eigenvalue weighted by Crippen LogP contribution is -2.57. The summed E-state index contributed by atoms with van der Waals surface area (Å²) in [4.78, 5) is 17.8. The lowest BCUT2D eigenvalue weighted by atomic mass is 9.94. The summed E-state index contributed by atoms with van der Waals surface area (Å²) in [6.07, 6.45) is 4.54. The third-order valence-corrected chi connectivity index (χ3v) is 5.70. The fourth-order valence-corrected chi connectivity index (χ4v) is 4.42. The number of likely N-dealkylation sites (N-methyl/N-ethyl adjacent to an activating group) is 1. The molecule has 5 nitrogen and oxygen atoms in total. The molecule has 144 valence electrons. The SMILES string of the molecule is Cc1cccc(C(C(=O)NC2(CN3CCOCC3)CCCC2)N(C)C)c1. The van der Waals surface area contributed by atoms with Gasteiger partial charge in [0, 0.05) is 19.6 Å². The Morgan fingerprint density at radius 1 is 1.27 bits per heavy atom. The Labute approximate surface area is 157 Å². The number of nitrogens with zero attached hydrogens (tertiary/aromatic N) is 2. The molecule has 2 fully saturated rings. The van der Waals surface area contributed by atoms with E-state index in [1.807, 2.05) is 25.1 Å². The van der Waals surface area contributed by atoms with Gasteiger partial charge in [-0.3, -0.25) is 14.6 Å². The molecular formula is C21H33N3O2. The van der Waals surface area contributed by atoms with Gasteiger partial charge in [0.1, 0.15) is 6.04 Å². The Kier molecular flexibility index (Phi) is 6.33. The van der Waals surface area contributed by atoms with E-state index in [-0.39, 0.29) is 17.5 Å². The second-order valence-corrected chi connectivity index (χ2v) is 8.15. The van der Waals surface area contributed by atoms with Crippen molar-refractivity contribution >= 4 is 5.91 Å². The van der Waals surface area contributed by atoms with Gasteiger partial charge in [-0.2, -0.15) is 0 Å². The molecule has 2 aliphatic rings. The van der Waals surface area contributed by atoms with Crippen LogP contribution in [0, 0.1) is 6.92 Å². The molecule has 5 heteroatoms. The van der Waals surface area contributed by atoms with Gasteiger partial charge in [-0.25, -0.2) is 0 Å². The van der Waals surface area contributed by atoms with Crippen LogP contribution in [0.3, 0.4) is 0 Å². The van der Waals surface area contributed by atoms with Crippen LogP contribution in [0.1, 0.15) is 42.9 Å². The first-order chi connectivity index (χ1) is 12.5. The second-order valence-electron chi connectivity index (χ2n) is 8.15. The monoisotopic (exact) mass is 359 g/mol. The van der Waals surface area contributed by atoms with Crippen molar-refractivity contribution in [3.05, 3.63) is 35.4 Å². The standard InChI is InChI=1S/C21H33N3O2/c1-17-7-6-8-18(15-17)19(23(2)3)20(25)22-21(9-4-5-10-21)16-24-11-13-26-14-12-24/h6-8,15,19H,4-5,9-14,16H2,1-3H3,(H,22,25). The summed E-state index contributed by atoms with van der Waals surface area (Å²) in [6.45, 7) is 6.54. The molecule has 1 amide bonds. The lowest BCUT2D eigenvalue weighted by molar-refractivity contribution is -0.128. The predicted molar refractivity (Wildman–Crippen MR) is 104 cm³/mol. The number of amides is 1. The van der Waals surface area contributed by atoms with E-state index in [4.69, 9.17) is 4.74 Å². The molecule has 0 aromatic heterocycles. The van der Waals surface area contributed by atoms with Crippen LogP contribution >= 0.6 is 0 Å². The van der Waals surface area contributed by atoms with Crippen LogP contribution in [-0.4, -0.2) is 68.2 Å². The molecule has 1 saturated carbocycles. The van der Waals surface area contributed by atoms with Gasteiger partial charge in [-0.15, -0.1) is 0 Å². The Morgan fingerprint density at radius 3 is 2.58 bits per heavy atom. The highest BCUT2D eigenvalue weighted by molar-refractivity contribution is 5.84. The molecule has 0 spiro atoms. The largest absolute Gasteiger partial charge is 0.379 e. The number of aryl methyl sites for hydroxylation is 1. The normalized spacial score (nSPS) is 21.7. The van der Waals surface area contributed by atoms with E-state index in [1.165, 1.54) is 18.4 Å². The summed E-state index contributed by atoms with van der Waals surface area (Å²) >= 11 is 0. The molecule has 26 heavy (non-hydrogen) atoms. The summed E-state index contributed by atoms with van der Waals surface area (Å²) in [5.74, 6) is 0.121. The topological polar surface area (TPSA) is 44.8 Å². The zero-order valence-electron chi connectivity index (χ0n) is 16.5. The molecule has 1 atom stereocenters. The number of benzene rings is 1. The molecule has 1 unspecified atom stereocenters. The van der Waals surface area contributed by atoms with Crippen LogP contribution in [0.25, 0.3) is 0 Å². The van der Waals surface area contributed by atoms with Crippen molar-refractivity contribution in [2.24, 2.45) is 0 Å². The summed E-state index contributed by atoms with van der Waals surface area (Å²) < 4.78 is 5.48. The quantitative estimate of drug-likeness (QED) is 0.847. The molecule has 1 saturated heterocycles. The summed E-state index contributed by atoms with van der Waals surface area (Å²) in [5.41, 5.74) is 2.16. The summed E-state index contributed by atoms with van der Waals surface area (Å²) in [7, 11) is 3.96. The minimum absolute atomic E-state index is 0.0908. The Bertz CT molecular complexity index is 605. The van der Waals surface area contributed by atoms with Crippen molar-refractivity contribution in [1.29, 1.82) is 0 Å². The van der Waals surface area contributed by atoms with Crippen molar-refractivity contribution in [1.82, 2.24) is 15.1 Å². The number of carbonyl (C=O) groups excluding carboxylic acids is 1. The Balaban J connectivity index is 1.75.